The molecule has 1 aromatic heterocycles. The molecule has 1 aromatic rings. The van der Waals surface area contributed by atoms with Crippen LogP contribution < -0.4 is 5.32 Å². The zero-order valence-corrected chi connectivity index (χ0v) is 10.5. The molecule has 1 aliphatic rings. The minimum absolute atomic E-state index is 0.0400. The van der Waals surface area contributed by atoms with Crippen LogP contribution in [0.1, 0.15) is 44.9 Å². The predicted octanol–water partition coefficient (Wildman–Crippen LogP) is 3.51. The highest BCUT2D eigenvalue weighted by Crippen LogP contribution is 2.20. The molecule has 0 radical (unpaired) electrons. The lowest BCUT2D eigenvalue weighted by atomic mass is 9.97. The van der Waals surface area contributed by atoms with Crippen LogP contribution in [0, 0.1) is 10.1 Å². The highest BCUT2D eigenvalue weighted by molar-refractivity contribution is 5.40. The van der Waals surface area contributed by atoms with Crippen molar-refractivity contribution in [3.05, 3.63) is 28.4 Å². The van der Waals surface area contributed by atoms with Crippen molar-refractivity contribution in [3.8, 4) is 0 Å². The van der Waals surface area contributed by atoms with Crippen molar-refractivity contribution in [1.29, 1.82) is 0 Å². The number of pyridine rings is 1. The Bertz CT molecular complexity index is 384. The highest BCUT2D eigenvalue weighted by Gasteiger charge is 2.12. The van der Waals surface area contributed by atoms with Gasteiger partial charge in [-0.3, -0.25) is 10.1 Å². The van der Waals surface area contributed by atoms with Gasteiger partial charge in [0.15, 0.2) is 0 Å². The van der Waals surface area contributed by atoms with Gasteiger partial charge in [-0.25, -0.2) is 4.98 Å². The first kappa shape index (κ1) is 12.8. The second kappa shape index (κ2) is 6.33. The van der Waals surface area contributed by atoms with E-state index in [0.717, 1.165) is 5.82 Å². The molecular weight excluding hydrogens is 230 g/mol. The summed E-state index contributed by atoms with van der Waals surface area (Å²) < 4.78 is 0. The van der Waals surface area contributed by atoms with E-state index in [2.05, 4.69) is 10.3 Å². The fraction of sp³-hybridized carbons (Fsp3) is 0.615. The predicted molar refractivity (Wildman–Crippen MR) is 70.6 cm³/mol. The Morgan fingerprint density at radius 3 is 2.39 bits per heavy atom. The summed E-state index contributed by atoms with van der Waals surface area (Å²) in [7, 11) is 0. The fourth-order valence-corrected chi connectivity index (χ4v) is 2.39. The van der Waals surface area contributed by atoms with Gasteiger partial charge in [-0.1, -0.05) is 32.1 Å². The summed E-state index contributed by atoms with van der Waals surface area (Å²) >= 11 is 0. The summed E-state index contributed by atoms with van der Waals surface area (Å²) in [5.74, 6) is 0.742. The Morgan fingerprint density at radius 2 is 1.83 bits per heavy atom. The smallest absolute Gasteiger partial charge is 0.287 e. The van der Waals surface area contributed by atoms with Gasteiger partial charge >= 0.3 is 0 Å². The van der Waals surface area contributed by atoms with Gasteiger partial charge in [0, 0.05) is 12.1 Å². The molecule has 18 heavy (non-hydrogen) atoms. The van der Waals surface area contributed by atoms with Crippen LogP contribution in [-0.4, -0.2) is 15.9 Å². The Balaban J connectivity index is 1.92. The summed E-state index contributed by atoms with van der Waals surface area (Å²) in [6.45, 7) is 0. The molecule has 1 fully saturated rings. The van der Waals surface area contributed by atoms with E-state index in [1.54, 1.807) is 6.07 Å². The van der Waals surface area contributed by atoms with Gasteiger partial charge < -0.3 is 5.32 Å². The Morgan fingerprint density at radius 1 is 1.17 bits per heavy atom. The Labute approximate surface area is 107 Å². The van der Waals surface area contributed by atoms with Crippen molar-refractivity contribution in [2.24, 2.45) is 0 Å². The number of nitrogens with zero attached hydrogens (tertiary/aromatic N) is 2. The lowest BCUT2D eigenvalue weighted by molar-refractivity contribution is -0.385. The number of anilines is 1. The average Bonchev–Trinajstić information content (AvgIpc) is 2.33. The molecule has 0 aliphatic heterocycles. The third-order valence-electron chi connectivity index (χ3n) is 3.42. The van der Waals surface area contributed by atoms with Crippen LogP contribution in [0.2, 0.25) is 0 Å². The van der Waals surface area contributed by atoms with Gasteiger partial charge in [0.1, 0.15) is 12.0 Å². The fourth-order valence-electron chi connectivity index (χ4n) is 2.39. The van der Waals surface area contributed by atoms with E-state index in [0.29, 0.717) is 6.04 Å². The zero-order chi connectivity index (χ0) is 12.8. The monoisotopic (exact) mass is 249 g/mol. The molecule has 0 atom stereocenters. The maximum absolute atomic E-state index is 10.5. The second-order valence-corrected chi connectivity index (χ2v) is 4.85. The topological polar surface area (TPSA) is 68.1 Å². The van der Waals surface area contributed by atoms with E-state index >= 15 is 0 Å². The number of hydrogen-bond acceptors (Lipinski definition) is 4. The van der Waals surface area contributed by atoms with Crippen molar-refractivity contribution in [1.82, 2.24) is 4.98 Å². The molecule has 1 aliphatic carbocycles. The van der Waals surface area contributed by atoms with Crippen LogP contribution in [0.15, 0.2) is 18.3 Å². The molecule has 1 heterocycles. The number of nitro groups is 1. The molecule has 5 heteroatoms. The van der Waals surface area contributed by atoms with E-state index in [9.17, 15) is 10.1 Å². The number of nitrogens with one attached hydrogen (secondary N) is 1. The molecule has 98 valence electrons. The summed E-state index contributed by atoms with van der Waals surface area (Å²) in [4.78, 5) is 14.2. The van der Waals surface area contributed by atoms with E-state index in [1.807, 2.05) is 0 Å². The molecule has 0 saturated heterocycles. The largest absolute Gasteiger partial charge is 0.367 e. The molecule has 5 nitrogen and oxygen atoms in total. The first-order valence-electron chi connectivity index (χ1n) is 6.63. The quantitative estimate of drug-likeness (QED) is 0.657. The van der Waals surface area contributed by atoms with Crippen LogP contribution in [-0.2, 0) is 0 Å². The van der Waals surface area contributed by atoms with E-state index in [4.69, 9.17) is 0 Å². The number of aromatic nitrogens is 1. The SMILES string of the molecule is O=[N+]([O-])c1ccc(NC2CCCCCCC2)nc1. The van der Waals surface area contributed by atoms with E-state index in [1.165, 1.54) is 57.2 Å². The standard InChI is InChI=1S/C13H19N3O2/c17-16(18)12-8-9-13(14-10-12)15-11-6-4-2-1-3-5-7-11/h8-11H,1-7H2,(H,14,15). The molecule has 0 amide bonds. The van der Waals surface area contributed by atoms with Crippen LogP contribution in [0.4, 0.5) is 11.5 Å². The first-order chi connectivity index (χ1) is 8.75. The molecular formula is C13H19N3O2. The van der Waals surface area contributed by atoms with Crippen molar-refractivity contribution < 1.29 is 4.92 Å². The zero-order valence-electron chi connectivity index (χ0n) is 10.5. The Hall–Kier alpha value is -1.65. The molecule has 0 aromatic carbocycles. The highest BCUT2D eigenvalue weighted by atomic mass is 16.6. The lowest BCUT2D eigenvalue weighted by Gasteiger charge is -2.21. The molecule has 0 spiro atoms. The van der Waals surface area contributed by atoms with Gasteiger partial charge in [0.2, 0.25) is 0 Å². The van der Waals surface area contributed by atoms with Crippen LogP contribution >= 0.6 is 0 Å². The second-order valence-electron chi connectivity index (χ2n) is 4.85. The molecule has 2 rings (SSSR count). The Kier molecular flexibility index (Phi) is 4.50. The van der Waals surface area contributed by atoms with E-state index < -0.39 is 4.92 Å². The minimum atomic E-state index is -0.424. The summed E-state index contributed by atoms with van der Waals surface area (Å²) in [6, 6.07) is 3.65. The van der Waals surface area contributed by atoms with Gasteiger partial charge in [-0.15, -0.1) is 0 Å². The van der Waals surface area contributed by atoms with Crippen LogP contribution in [0.3, 0.4) is 0 Å². The maximum atomic E-state index is 10.5. The number of hydrogen-bond donors (Lipinski definition) is 1. The first-order valence-corrected chi connectivity index (χ1v) is 6.63. The molecule has 0 bridgehead atoms. The lowest BCUT2D eigenvalue weighted by Crippen LogP contribution is -2.21. The van der Waals surface area contributed by atoms with Crippen LogP contribution in [0.25, 0.3) is 0 Å². The maximum Gasteiger partial charge on any atom is 0.287 e. The van der Waals surface area contributed by atoms with E-state index in [-0.39, 0.29) is 5.69 Å². The summed E-state index contributed by atoms with van der Waals surface area (Å²) in [5.41, 5.74) is 0.0400. The number of rotatable bonds is 3. The average molecular weight is 249 g/mol. The van der Waals surface area contributed by atoms with Crippen LogP contribution in [0.5, 0.6) is 0 Å². The van der Waals surface area contributed by atoms with Gasteiger partial charge in [-0.2, -0.15) is 0 Å². The molecule has 1 N–H and O–H groups in total. The third kappa shape index (κ3) is 3.68. The van der Waals surface area contributed by atoms with Crippen molar-refractivity contribution in [3.63, 3.8) is 0 Å². The van der Waals surface area contributed by atoms with Gasteiger partial charge in [-0.05, 0) is 18.9 Å². The summed E-state index contributed by atoms with van der Waals surface area (Å²) in [6.07, 6.45) is 10.1. The van der Waals surface area contributed by atoms with Crippen molar-refractivity contribution >= 4 is 11.5 Å². The molecule has 1 saturated carbocycles. The third-order valence-corrected chi connectivity index (χ3v) is 3.42. The normalized spacial score (nSPS) is 17.8. The van der Waals surface area contributed by atoms with Gasteiger partial charge in [0.05, 0.1) is 4.92 Å². The van der Waals surface area contributed by atoms with Crippen molar-refractivity contribution in [2.75, 3.05) is 5.32 Å². The van der Waals surface area contributed by atoms with Gasteiger partial charge in [0.25, 0.3) is 5.69 Å². The molecule has 0 unspecified atom stereocenters. The minimum Gasteiger partial charge on any atom is -0.367 e. The summed E-state index contributed by atoms with van der Waals surface area (Å²) in [5, 5.41) is 13.9. The van der Waals surface area contributed by atoms with Crippen molar-refractivity contribution in [2.45, 2.75) is 51.0 Å².